The number of hydrogen-bond acceptors (Lipinski definition) is 0. The molecule has 8 rings (SSSR count). The van der Waals surface area contributed by atoms with Crippen molar-refractivity contribution in [2.24, 2.45) is 0 Å². The van der Waals surface area contributed by atoms with Gasteiger partial charge in [-0.05, 0) is 0 Å². The van der Waals surface area contributed by atoms with E-state index < -0.39 is 21.3 Å². The molecule has 1 heteroatoms. The van der Waals surface area contributed by atoms with Gasteiger partial charge in [0.2, 0.25) is 0 Å². The van der Waals surface area contributed by atoms with E-state index in [1.54, 1.807) is 3.28 Å². The van der Waals surface area contributed by atoms with Gasteiger partial charge < -0.3 is 0 Å². The minimum atomic E-state index is -2.65. The summed E-state index contributed by atoms with van der Waals surface area (Å²) in [6.07, 6.45) is 8.21. The molecule has 0 heterocycles. The van der Waals surface area contributed by atoms with Gasteiger partial charge in [-0.2, -0.15) is 0 Å². The first kappa shape index (κ1) is 33.0. The van der Waals surface area contributed by atoms with Gasteiger partial charge >= 0.3 is 308 Å². The fourth-order valence-electron chi connectivity index (χ4n) is 8.20. The van der Waals surface area contributed by atoms with E-state index in [1.807, 2.05) is 0 Å². The normalized spacial score (nSPS) is 14.6. The molecule has 0 aliphatic heterocycles. The molecule has 0 saturated carbocycles. The Labute approximate surface area is 306 Å². The molecule has 246 valence electrons. The van der Waals surface area contributed by atoms with Gasteiger partial charge in [-0.25, -0.2) is 0 Å². The standard InChI is InChI=1S/C33H33.C11H8.C5H5.Zr/c1-32(2,3)30-20-26-24(18-28(30)22-13-9-7-10-14-22)17-25-19-29(23-15-11-8-12-16-23)31(21-27(25)26)33(4,5)6;1-9-5-4-7-10-6-2-3-8-11(9)10;1-2-4-5-3-1;/h7-21H,1-6H3;1-8H;1-3H,4H2;. The van der Waals surface area contributed by atoms with Crippen LogP contribution in [-0.2, 0) is 32.1 Å². The Morgan fingerprint density at radius 3 is 1.60 bits per heavy atom. The fourth-order valence-corrected chi connectivity index (χ4v) is 15.8. The van der Waals surface area contributed by atoms with Crippen LogP contribution in [0.25, 0.3) is 44.2 Å². The van der Waals surface area contributed by atoms with Crippen LogP contribution in [0.2, 0.25) is 0 Å². The summed E-state index contributed by atoms with van der Waals surface area (Å²) in [4.78, 5) is 0. The molecule has 50 heavy (non-hydrogen) atoms. The number of allylic oxidation sites excluding steroid dienone is 4. The zero-order chi connectivity index (χ0) is 34.6. The monoisotopic (exact) mass is 724 g/mol. The molecule has 0 nitrogen and oxygen atoms in total. The van der Waals surface area contributed by atoms with Crippen LogP contribution in [0.5, 0.6) is 0 Å². The molecule has 0 aromatic heterocycles. The van der Waals surface area contributed by atoms with Crippen molar-refractivity contribution in [2.75, 3.05) is 0 Å². The molecule has 0 saturated heterocycles. The maximum absolute atomic E-state index is 2.78. The molecule has 0 N–H and O–H groups in total. The Hall–Kier alpha value is -4.19. The molecule has 0 radical (unpaired) electrons. The molecule has 0 atom stereocenters. The van der Waals surface area contributed by atoms with E-state index >= 15 is 0 Å². The van der Waals surface area contributed by atoms with Crippen LogP contribution in [0.3, 0.4) is 0 Å². The Morgan fingerprint density at radius 1 is 0.560 bits per heavy atom. The summed E-state index contributed by atoms with van der Waals surface area (Å²) in [7, 11) is 0. The second-order valence-electron chi connectivity index (χ2n) is 16.1. The topological polar surface area (TPSA) is 0 Å². The summed E-state index contributed by atoms with van der Waals surface area (Å²) in [5, 5.41) is 2.68. The second kappa shape index (κ2) is 12.9. The molecular weight excluding hydrogens is 680 g/mol. The summed E-state index contributed by atoms with van der Waals surface area (Å²) in [6.45, 7) is 14.2. The Morgan fingerprint density at radius 2 is 1.08 bits per heavy atom. The van der Waals surface area contributed by atoms with Crippen molar-refractivity contribution in [3.8, 4) is 33.4 Å². The van der Waals surface area contributed by atoms with Crippen LogP contribution in [0, 0.1) is 0 Å². The van der Waals surface area contributed by atoms with Gasteiger partial charge in [0.25, 0.3) is 0 Å². The number of hydrogen-bond donors (Lipinski definition) is 0. The van der Waals surface area contributed by atoms with Crippen molar-refractivity contribution in [2.45, 2.75) is 62.4 Å². The van der Waals surface area contributed by atoms with E-state index in [4.69, 9.17) is 0 Å². The van der Waals surface area contributed by atoms with Gasteiger partial charge in [0.15, 0.2) is 0 Å². The van der Waals surface area contributed by atoms with E-state index in [0.29, 0.717) is 3.63 Å². The summed E-state index contributed by atoms with van der Waals surface area (Å²) in [6, 6.07) is 48.4. The molecular formula is C49H46Zr. The predicted molar refractivity (Wildman–Crippen MR) is 213 cm³/mol. The Bertz CT molecular complexity index is 2230. The SMILES string of the molecule is CC(C)(C)c1cc2c(cc1-c1ccccc1)[CH]([Zr](=[CH]c1cccc3ccccc13)[C]1=CC=CC1)c1cc(-c3ccccc3)c(C(C)(C)C)cc1-2. The predicted octanol–water partition coefficient (Wildman–Crippen LogP) is 13.2. The van der Waals surface area contributed by atoms with Gasteiger partial charge in [-0.3, -0.25) is 0 Å². The van der Waals surface area contributed by atoms with Gasteiger partial charge in [-0.1, -0.05) is 0 Å². The zero-order valence-electron chi connectivity index (χ0n) is 30.2. The van der Waals surface area contributed by atoms with Crippen LogP contribution in [0.15, 0.2) is 149 Å². The van der Waals surface area contributed by atoms with Gasteiger partial charge in [0.1, 0.15) is 0 Å². The van der Waals surface area contributed by atoms with Crippen molar-refractivity contribution < 1.29 is 21.3 Å². The average Bonchev–Trinajstić information content (AvgIpc) is 3.76. The van der Waals surface area contributed by atoms with Crippen LogP contribution < -0.4 is 0 Å². The van der Waals surface area contributed by atoms with Crippen molar-refractivity contribution in [3.05, 3.63) is 177 Å². The van der Waals surface area contributed by atoms with Crippen LogP contribution in [0.1, 0.15) is 79.4 Å². The van der Waals surface area contributed by atoms with Crippen LogP contribution in [0.4, 0.5) is 0 Å². The average molecular weight is 726 g/mol. The van der Waals surface area contributed by atoms with E-state index in [1.165, 1.54) is 72.0 Å². The van der Waals surface area contributed by atoms with E-state index in [0.717, 1.165) is 6.42 Å². The first-order valence-corrected chi connectivity index (χ1v) is 22.2. The molecule has 6 aromatic rings. The number of fused-ring (bicyclic) bond motifs is 4. The fraction of sp³-hybridized carbons (Fsp3) is 0.204. The molecule has 6 aromatic carbocycles. The first-order chi connectivity index (χ1) is 24.1. The molecule has 0 bridgehead atoms. The van der Waals surface area contributed by atoms with E-state index in [9.17, 15) is 0 Å². The van der Waals surface area contributed by atoms with Gasteiger partial charge in [0.05, 0.1) is 0 Å². The number of benzene rings is 6. The second-order valence-corrected chi connectivity index (χ2v) is 22.1. The minimum absolute atomic E-state index is 0.0101. The molecule has 0 unspecified atom stereocenters. The molecule has 0 fully saturated rings. The summed E-state index contributed by atoms with van der Waals surface area (Å²) in [5.74, 6) is 0. The van der Waals surface area contributed by atoms with E-state index in [-0.39, 0.29) is 10.8 Å². The maximum atomic E-state index is 2.78. The Kier molecular flexibility index (Phi) is 8.48. The molecule has 2 aliphatic carbocycles. The summed E-state index contributed by atoms with van der Waals surface area (Å²) >= 11 is -2.65. The quantitative estimate of drug-likeness (QED) is 0.166. The van der Waals surface area contributed by atoms with Gasteiger partial charge in [-0.15, -0.1) is 0 Å². The van der Waals surface area contributed by atoms with Crippen molar-refractivity contribution in [1.29, 1.82) is 0 Å². The first-order valence-electron chi connectivity index (χ1n) is 18.1. The third-order valence-electron chi connectivity index (χ3n) is 10.7. The third-order valence-corrected chi connectivity index (χ3v) is 18.0. The molecule has 2 aliphatic rings. The van der Waals surface area contributed by atoms with Gasteiger partial charge in [0, 0.05) is 0 Å². The number of rotatable bonds is 5. The van der Waals surface area contributed by atoms with E-state index in [2.05, 4.69) is 191 Å². The molecule has 0 spiro atoms. The summed E-state index contributed by atoms with van der Waals surface area (Å²) < 4.78 is 4.82. The summed E-state index contributed by atoms with van der Waals surface area (Å²) in [5.41, 5.74) is 15.5. The van der Waals surface area contributed by atoms with Crippen molar-refractivity contribution >= 4 is 14.5 Å². The van der Waals surface area contributed by atoms with Crippen LogP contribution >= 0.6 is 0 Å². The van der Waals surface area contributed by atoms with Crippen molar-refractivity contribution in [3.63, 3.8) is 0 Å². The zero-order valence-corrected chi connectivity index (χ0v) is 32.7. The molecule has 0 amide bonds. The van der Waals surface area contributed by atoms with Crippen molar-refractivity contribution in [1.82, 2.24) is 0 Å². The third kappa shape index (κ3) is 5.99. The van der Waals surface area contributed by atoms with Crippen LogP contribution in [-0.4, -0.2) is 3.71 Å². The Balaban J connectivity index is 1.48.